The number of hydrogen-bond donors (Lipinski definition) is 2. The summed E-state index contributed by atoms with van der Waals surface area (Å²) in [6.45, 7) is 6.03. The smallest absolute Gasteiger partial charge is 0.406 e. The lowest BCUT2D eigenvalue weighted by Gasteiger charge is -2.33. The summed E-state index contributed by atoms with van der Waals surface area (Å²) in [5.74, 6) is 0.436. The fraction of sp³-hybridized carbons (Fsp3) is 0.579. The maximum absolute atomic E-state index is 13.3. The molecule has 1 aromatic rings. The Morgan fingerprint density at radius 3 is 2.85 bits per heavy atom. The first-order chi connectivity index (χ1) is 12.9. The van der Waals surface area contributed by atoms with Crippen molar-refractivity contribution in [2.45, 2.75) is 51.7 Å². The molecule has 0 bridgehead atoms. The van der Waals surface area contributed by atoms with Gasteiger partial charge in [0, 0.05) is 17.9 Å². The summed E-state index contributed by atoms with van der Waals surface area (Å²) >= 11 is 0. The summed E-state index contributed by atoms with van der Waals surface area (Å²) in [7, 11) is 1.31. The van der Waals surface area contributed by atoms with Gasteiger partial charge in [0.1, 0.15) is 12.1 Å². The van der Waals surface area contributed by atoms with E-state index >= 15 is 0 Å². The minimum atomic E-state index is -0.641. The van der Waals surface area contributed by atoms with Gasteiger partial charge in [-0.15, -0.1) is 0 Å². The first-order valence-electron chi connectivity index (χ1n) is 9.37. The first kappa shape index (κ1) is 19.1. The van der Waals surface area contributed by atoms with Gasteiger partial charge in [-0.3, -0.25) is 4.79 Å². The van der Waals surface area contributed by atoms with Crippen LogP contribution in [0.3, 0.4) is 0 Å². The number of hydrogen-bond acceptors (Lipinski definition) is 4. The molecule has 2 aliphatic rings. The van der Waals surface area contributed by atoms with E-state index in [1.54, 1.807) is 4.90 Å². The lowest BCUT2D eigenvalue weighted by Crippen LogP contribution is -2.66. The Labute approximate surface area is 158 Å². The van der Waals surface area contributed by atoms with Gasteiger partial charge in [-0.05, 0) is 25.5 Å². The quantitative estimate of drug-likeness (QED) is 0.741. The number of pyridine rings is 1. The summed E-state index contributed by atoms with van der Waals surface area (Å²) < 4.78 is 6.67. The van der Waals surface area contributed by atoms with Crippen LogP contribution in [0.5, 0.6) is 0 Å². The molecule has 0 saturated heterocycles. The second-order valence-electron chi connectivity index (χ2n) is 7.24. The van der Waals surface area contributed by atoms with E-state index in [1.807, 2.05) is 43.7 Å². The lowest BCUT2D eigenvalue weighted by molar-refractivity contribution is -0.711. The molecular weight excluding hydrogens is 348 g/mol. The Kier molecular flexibility index (Phi) is 5.34. The summed E-state index contributed by atoms with van der Waals surface area (Å²) in [5, 5.41) is 5.61. The van der Waals surface area contributed by atoms with E-state index in [1.165, 1.54) is 7.11 Å². The molecular formula is C19H27N4O4+. The molecule has 2 aliphatic heterocycles. The van der Waals surface area contributed by atoms with Gasteiger partial charge in [0.2, 0.25) is 5.91 Å². The van der Waals surface area contributed by atoms with E-state index in [4.69, 9.17) is 0 Å². The molecule has 8 heteroatoms. The lowest BCUT2D eigenvalue weighted by atomic mass is 10.0. The molecule has 1 aromatic heterocycles. The van der Waals surface area contributed by atoms with Crippen LogP contribution in [0.1, 0.15) is 38.8 Å². The highest BCUT2D eigenvalue weighted by atomic mass is 16.5. The number of methoxy groups -OCH3 is 1. The molecule has 0 radical (unpaired) electrons. The molecule has 0 spiro atoms. The van der Waals surface area contributed by atoms with Gasteiger partial charge in [0.15, 0.2) is 6.04 Å². The van der Waals surface area contributed by atoms with Crippen molar-refractivity contribution in [2.24, 2.45) is 5.92 Å². The molecule has 0 saturated carbocycles. The van der Waals surface area contributed by atoms with E-state index in [0.29, 0.717) is 12.8 Å². The Bertz CT molecular complexity index is 766. The van der Waals surface area contributed by atoms with E-state index in [9.17, 15) is 14.4 Å². The highest BCUT2D eigenvalue weighted by molar-refractivity contribution is 6.01. The fourth-order valence-electron chi connectivity index (χ4n) is 3.75. The summed E-state index contributed by atoms with van der Waals surface area (Å²) in [6.07, 6.45) is 2.76. The summed E-state index contributed by atoms with van der Waals surface area (Å²) in [4.78, 5) is 38.9. The van der Waals surface area contributed by atoms with Crippen LogP contribution < -0.4 is 20.1 Å². The molecule has 8 nitrogen and oxygen atoms in total. The van der Waals surface area contributed by atoms with Crippen LogP contribution in [0.15, 0.2) is 18.3 Å². The number of alkyl carbamates (subject to hydrolysis) is 1. The standard InChI is InChI=1S/C19H26N4O4/c1-5-11(2)16(24)21-15-12(3)22-8-6-7-13-9-14(10-20-19(26)27-4)23(17(13)22)18(15)25/h6-8,11-12,14-15H,5,9-10H2,1-4H3,(H-,20,21,24,26)/p+1/t11-,12?,14+,15+/m1/s1. The van der Waals surface area contributed by atoms with Gasteiger partial charge in [-0.2, -0.15) is 4.90 Å². The Morgan fingerprint density at radius 2 is 2.19 bits per heavy atom. The summed E-state index contributed by atoms with van der Waals surface area (Å²) in [5.41, 5.74) is 1.06. The van der Waals surface area contributed by atoms with Gasteiger partial charge in [0.25, 0.3) is 5.82 Å². The van der Waals surface area contributed by atoms with Crippen molar-refractivity contribution in [2.75, 3.05) is 18.6 Å². The largest absolute Gasteiger partial charge is 0.453 e. The van der Waals surface area contributed by atoms with Crippen molar-refractivity contribution >= 4 is 23.7 Å². The topological polar surface area (TPSA) is 91.6 Å². The molecule has 1 unspecified atom stereocenters. The van der Waals surface area contributed by atoms with Gasteiger partial charge in [-0.25, -0.2) is 14.2 Å². The highest BCUT2D eigenvalue weighted by Gasteiger charge is 2.53. The zero-order chi connectivity index (χ0) is 19.7. The number of nitrogens with zero attached hydrogens (tertiary/aromatic N) is 2. The Balaban J connectivity index is 1.90. The normalized spacial score (nSPS) is 24.2. The average molecular weight is 375 g/mol. The third-order valence-corrected chi connectivity index (χ3v) is 5.57. The Morgan fingerprint density at radius 1 is 1.44 bits per heavy atom. The number of anilines is 1. The predicted octanol–water partition coefficient (Wildman–Crippen LogP) is 0.693. The van der Waals surface area contributed by atoms with Crippen LogP contribution in [-0.2, 0) is 20.7 Å². The van der Waals surface area contributed by atoms with Gasteiger partial charge in [0.05, 0.1) is 19.9 Å². The maximum atomic E-state index is 13.3. The van der Waals surface area contributed by atoms with Gasteiger partial charge < -0.3 is 15.4 Å². The maximum Gasteiger partial charge on any atom is 0.406 e. The van der Waals surface area contributed by atoms with Crippen LogP contribution in [0.25, 0.3) is 0 Å². The van der Waals surface area contributed by atoms with Crippen LogP contribution in [0, 0.1) is 5.92 Å². The molecule has 3 amide bonds. The number of ether oxygens (including phenoxy) is 1. The van der Waals surface area contributed by atoms with E-state index < -0.39 is 12.1 Å². The molecule has 146 valence electrons. The number of carbonyl (C=O) groups excluding carboxylic acids is 3. The first-order valence-corrected chi connectivity index (χ1v) is 9.37. The van der Waals surface area contributed by atoms with Crippen LogP contribution >= 0.6 is 0 Å². The minimum absolute atomic E-state index is 0.119. The molecule has 0 aromatic carbocycles. The van der Waals surface area contributed by atoms with Gasteiger partial charge in [-0.1, -0.05) is 13.8 Å². The third kappa shape index (κ3) is 3.36. The number of aromatic nitrogens is 1. The van der Waals surface area contributed by atoms with Gasteiger partial charge >= 0.3 is 12.0 Å². The van der Waals surface area contributed by atoms with E-state index in [0.717, 1.165) is 11.4 Å². The predicted molar refractivity (Wildman–Crippen MR) is 98.1 cm³/mol. The SMILES string of the molecule is CC[C@@H](C)C(=O)N[C@@H]1C(=O)N2c3c(ccc[n+]3C1C)C[C@H]2CNC(=O)OC. The van der Waals surface area contributed by atoms with E-state index in [2.05, 4.69) is 15.4 Å². The molecule has 3 rings (SSSR count). The number of rotatable bonds is 5. The summed E-state index contributed by atoms with van der Waals surface area (Å²) in [6, 6.07) is 2.90. The Hall–Kier alpha value is -2.64. The van der Waals surface area contributed by atoms with Crippen molar-refractivity contribution in [1.82, 2.24) is 10.6 Å². The highest BCUT2D eigenvalue weighted by Crippen LogP contribution is 2.34. The van der Waals surface area contributed by atoms with Crippen molar-refractivity contribution in [3.63, 3.8) is 0 Å². The molecule has 0 fully saturated rings. The van der Waals surface area contributed by atoms with Crippen molar-refractivity contribution in [3.8, 4) is 0 Å². The zero-order valence-corrected chi connectivity index (χ0v) is 16.2. The molecule has 0 aliphatic carbocycles. The van der Waals surface area contributed by atoms with Crippen molar-refractivity contribution < 1.29 is 23.7 Å². The minimum Gasteiger partial charge on any atom is -0.453 e. The van der Waals surface area contributed by atoms with Crippen LogP contribution in [-0.4, -0.2) is 43.6 Å². The monoisotopic (exact) mass is 375 g/mol. The zero-order valence-electron chi connectivity index (χ0n) is 16.2. The van der Waals surface area contributed by atoms with Crippen LogP contribution in [0.2, 0.25) is 0 Å². The number of nitrogens with one attached hydrogen (secondary N) is 2. The fourth-order valence-corrected chi connectivity index (χ4v) is 3.75. The van der Waals surface area contributed by atoms with Crippen molar-refractivity contribution in [3.05, 3.63) is 23.9 Å². The third-order valence-electron chi connectivity index (χ3n) is 5.57. The number of amides is 3. The van der Waals surface area contributed by atoms with Crippen molar-refractivity contribution in [1.29, 1.82) is 0 Å². The number of carbonyl (C=O) groups is 3. The molecule has 2 N–H and O–H groups in total. The average Bonchev–Trinajstić information content (AvgIpc) is 3.05. The molecule has 4 atom stereocenters. The van der Waals surface area contributed by atoms with Crippen LogP contribution in [0.4, 0.5) is 10.6 Å². The second-order valence-corrected chi connectivity index (χ2v) is 7.24. The second kappa shape index (κ2) is 7.54. The molecule has 3 heterocycles. The van der Waals surface area contributed by atoms with E-state index in [-0.39, 0.29) is 36.4 Å². The molecule has 27 heavy (non-hydrogen) atoms.